The topological polar surface area (TPSA) is 63.8 Å². The van der Waals surface area contributed by atoms with Gasteiger partial charge in [0, 0.05) is 17.5 Å². The van der Waals surface area contributed by atoms with Crippen molar-refractivity contribution < 1.29 is 0 Å². The van der Waals surface area contributed by atoms with Gasteiger partial charge >= 0.3 is 0 Å². The number of hydrogen-bond donors (Lipinski definition) is 2. The van der Waals surface area contributed by atoms with Crippen molar-refractivity contribution in [3.8, 4) is 0 Å². The third-order valence-electron chi connectivity index (χ3n) is 2.93. The number of rotatable bonds is 5. The molecule has 0 fully saturated rings. The van der Waals surface area contributed by atoms with Crippen LogP contribution in [-0.2, 0) is 5.41 Å². The summed E-state index contributed by atoms with van der Waals surface area (Å²) in [6.45, 7) is 11.4. The second-order valence-corrected chi connectivity index (χ2v) is 5.79. The van der Waals surface area contributed by atoms with Crippen molar-refractivity contribution in [2.24, 2.45) is 0 Å². The Hall–Kier alpha value is -1.32. The Morgan fingerprint density at radius 1 is 1.17 bits per heavy atom. The van der Waals surface area contributed by atoms with Crippen LogP contribution in [0.25, 0.3) is 0 Å². The van der Waals surface area contributed by atoms with Crippen LogP contribution < -0.4 is 11.1 Å². The van der Waals surface area contributed by atoms with Crippen molar-refractivity contribution >= 4 is 11.6 Å². The second-order valence-electron chi connectivity index (χ2n) is 5.79. The predicted molar refractivity (Wildman–Crippen MR) is 77.9 cm³/mol. The van der Waals surface area contributed by atoms with Crippen LogP contribution in [0.4, 0.5) is 11.6 Å². The van der Waals surface area contributed by atoms with Gasteiger partial charge in [-0.05, 0) is 13.3 Å². The fourth-order valence-electron chi connectivity index (χ4n) is 1.62. The molecule has 1 aromatic heterocycles. The number of nitrogens with zero attached hydrogens (tertiary/aromatic N) is 2. The molecule has 3 N–H and O–H groups in total. The first-order chi connectivity index (χ1) is 8.36. The van der Waals surface area contributed by atoms with Gasteiger partial charge in [0.1, 0.15) is 17.5 Å². The molecule has 1 heterocycles. The van der Waals surface area contributed by atoms with Crippen LogP contribution in [0.3, 0.4) is 0 Å². The van der Waals surface area contributed by atoms with Crippen LogP contribution in [0.2, 0.25) is 0 Å². The Balaban J connectivity index is 2.86. The zero-order chi connectivity index (χ0) is 13.8. The lowest BCUT2D eigenvalue weighted by molar-refractivity contribution is 0.546. The molecule has 0 saturated heterocycles. The van der Waals surface area contributed by atoms with Crippen LogP contribution in [0, 0.1) is 6.92 Å². The maximum Gasteiger partial charge on any atom is 0.138 e. The highest BCUT2D eigenvalue weighted by atomic mass is 15.1. The minimum atomic E-state index is -0.0817. The second kappa shape index (κ2) is 6.03. The summed E-state index contributed by atoms with van der Waals surface area (Å²) in [5.41, 5.74) is 6.82. The molecule has 0 amide bonds. The molecular weight excluding hydrogens is 224 g/mol. The van der Waals surface area contributed by atoms with Gasteiger partial charge in [0.25, 0.3) is 0 Å². The number of aromatic nitrogens is 2. The van der Waals surface area contributed by atoms with Gasteiger partial charge in [0.05, 0.1) is 0 Å². The molecule has 0 aliphatic carbocycles. The molecule has 0 aliphatic rings. The lowest BCUT2D eigenvalue weighted by atomic mass is 9.95. The van der Waals surface area contributed by atoms with Gasteiger partial charge in [-0.3, -0.25) is 0 Å². The summed E-state index contributed by atoms with van der Waals surface area (Å²) in [6, 6.07) is 0. The number of hydrogen-bond acceptors (Lipinski definition) is 4. The van der Waals surface area contributed by atoms with Crippen molar-refractivity contribution in [1.82, 2.24) is 9.97 Å². The van der Waals surface area contributed by atoms with Gasteiger partial charge in [-0.2, -0.15) is 0 Å². The smallest absolute Gasteiger partial charge is 0.138 e. The molecule has 1 aromatic rings. The number of nitrogen functional groups attached to an aromatic ring is 1. The summed E-state index contributed by atoms with van der Waals surface area (Å²) in [6.07, 6.45) is 3.61. The van der Waals surface area contributed by atoms with E-state index in [0.29, 0.717) is 5.82 Å². The highest BCUT2D eigenvalue weighted by molar-refractivity contribution is 5.55. The number of nitrogens with one attached hydrogen (secondary N) is 1. The molecule has 0 bridgehead atoms. The molecule has 0 aliphatic heterocycles. The molecule has 0 radical (unpaired) electrons. The lowest BCUT2D eigenvalue weighted by Gasteiger charge is -2.19. The van der Waals surface area contributed by atoms with Crippen LogP contribution >= 0.6 is 0 Å². The predicted octanol–water partition coefficient (Wildman–Crippen LogP) is 3.27. The number of anilines is 2. The first kappa shape index (κ1) is 14.7. The van der Waals surface area contributed by atoms with Crippen molar-refractivity contribution in [2.75, 3.05) is 17.6 Å². The van der Waals surface area contributed by atoms with Gasteiger partial charge in [-0.15, -0.1) is 0 Å². The number of nitrogens with two attached hydrogens (primary N) is 1. The van der Waals surface area contributed by atoms with E-state index in [9.17, 15) is 0 Å². The Morgan fingerprint density at radius 3 is 2.39 bits per heavy atom. The third-order valence-corrected chi connectivity index (χ3v) is 2.93. The van der Waals surface area contributed by atoms with Crippen molar-refractivity contribution in [3.63, 3.8) is 0 Å². The van der Waals surface area contributed by atoms with Crippen LogP contribution in [-0.4, -0.2) is 16.5 Å². The monoisotopic (exact) mass is 250 g/mol. The summed E-state index contributed by atoms with van der Waals surface area (Å²) >= 11 is 0. The van der Waals surface area contributed by atoms with E-state index in [0.717, 1.165) is 30.2 Å². The zero-order valence-corrected chi connectivity index (χ0v) is 12.3. The van der Waals surface area contributed by atoms with E-state index in [-0.39, 0.29) is 5.41 Å². The highest BCUT2D eigenvalue weighted by Crippen LogP contribution is 2.24. The first-order valence-electron chi connectivity index (χ1n) is 6.74. The Labute approximate surface area is 110 Å². The standard InChI is InChI=1S/C14H26N4/c1-6-7-8-9-16-12-10(2)11(15)17-13(18-12)14(3,4)5/h6-9H2,1-5H3,(H3,15,16,17,18). The van der Waals surface area contributed by atoms with Crippen LogP contribution in [0.5, 0.6) is 0 Å². The normalized spacial score (nSPS) is 11.6. The fraction of sp³-hybridized carbons (Fsp3) is 0.714. The van der Waals surface area contributed by atoms with Gasteiger partial charge in [-0.1, -0.05) is 40.5 Å². The van der Waals surface area contributed by atoms with Crippen molar-refractivity contribution in [2.45, 2.75) is 59.3 Å². The maximum absolute atomic E-state index is 5.96. The molecule has 18 heavy (non-hydrogen) atoms. The SMILES string of the molecule is CCCCCNc1nc(C(C)(C)C)nc(N)c1C. The van der Waals surface area contributed by atoms with Gasteiger partial charge in [-0.25, -0.2) is 9.97 Å². The molecule has 4 heteroatoms. The Morgan fingerprint density at radius 2 is 1.83 bits per heavy atom. The van der Waals surface area contributed by atoms with E-state index in [4.69, 9.17) is 5.73 Å². The fourth-order valence-corrected chi connectivity index (χ4v) is 1.62. The Kier molecular flexibility index (Phi) is 4.93. The summed E-state index contributed by atoms with van der Waals surface area (Å²) in [4.78, 5) is 8.98. The maximum atomic E-state index is 5.96. The molecule has 0 saturated carbocycles. The van der Waals surface area contributed by atoms with E-state index in [1.165, 1.54) is 12.8 Å². The largest absolute Gasteiger partial charge is 0.383 e. The van der Waals surface area contributed by atoms with Gasteiger partial charge in [0.2, 0.25) is 0 Å². The van der Waals surface area contributed by atoms with E-state index < -0.39 is 0 Å². The van der Waals surface area contributed by atoms with Crippen molar-refractivity contribution in [1.29, 1.82) is 0 Å². The summed E-state index contributed by atoms with van der Waals surface area (Å²) in [5.74, 6) is 2.25. The molecule has 0 aromatic carbocycles. The summed E-state index contributed by atoms with van der Waals surface area (Å²) in [7, 11) is 0. The minimum Gasteiger partial charge on any atom is -0.383 e. The average molecular weight is 250 g/mol. The molecule has 102 valence electrons. The van der Waals surface area contributed by atoms with E-state index in [1.807, 2.05) is 6.92 Å². The van der Waals surface area contributed by atoms with Crippen LogP contribution in [0.1, 0.15) is 58.3 Å². The molecule has 0 spiro atoms. The summed E-state index contributed by atoms with van der Waals surface area (Å²) in [5, 5.41) is 3.37. The number of unbranched alkanes of at least 4 members (excludes halogenated alkanes) is 2. The van der Waals surface area contributed by atoms with Gasteiger partial charge in [0.15, 0.2) is 0 Å². The zero-order valence-electron chi connectivity index (χ0n) is 12.3. The van der Waals surface area contributed by atoms with Crippen LogP contribution in [0.15, 0.2) is 0 Å². The molecule has 0 atom stereocenters. The van der Waals surface area contributed by atoms with E-state index in [2.05, 4.69) is 43.0 Å². The highest BCUT2D eigenvalue weighted by Gasteiger charge is 2.20. The third kappa shape index (κ3) is 3.86. The first-order valence-corrected chi connectivity index (χ1v) is 6.74. The van der Waals surface area contributed by atoms with E-state index >= 15 is 0 Å². The van der Waals surface area contributed by atoms with E-state index in [1.54, 1.807) is 0 Å². The van der Waals surface area contributed by atoms with Gasteiger partial charge < -0.3 is 11.1 Å². The minimum absolute atomic E-state index is 0.0817. The molecule has 4 nitrogen and oxygen atoms in total. The quantitative estimate of drug-likeness (QED) is 0.787. The van der Waals surface area contributed by atoms with Crippen molar-refractivity contribution in [3.05, 3.63) is 11.4 Å². The summed E-state index contributed by atoms with van der Waals surface area (Å²) < 4.78 is 0. The average Bonchev–Trinajstić information content (AvgIpc) is 2.28. The lowest BCUT2D eigenvalue weighted by Crippen LogP contribution is -2.19. The molecule has 1 rings (SSSR count). The Bertz CT molecular complexity index is 394. The molecule has 0 unspecified atom stereocenters. The molecular formula is C14H26N4.